The van der Waals surface area contributed by atoms with Crippen molar-refractivity contribution in [3.63, 3.8) is 0 Å². The van der Waals surface area contributed by atoms with Gasteiger partial charge >= 0.3 is 6.09 Å². The third-order valence-corrected chi connectivity index (χ3v) is 18.9. The molecule has 4 atom stereocenters. The van der Waals surface area contributed by atoms with E-state index in [0.29, 0.717) is 40.7 Å². The number of amides is 1. The van der Waals surface area contributed by atoms with Crippen LogP contribution in [0.1, 0.15) is 126 Å². The number of ketones is 1. The van der Waals surface area contributed by atoms with Crippen molar-refractivity contribution in [1.82, 2.24) is 4.90 Å². The zero-order valence-corrected chi connectivity index (χ0v) is 29.1. The minimum Gasteiger partial charge on any atom is -0.446 e. The van der Waals surface area contributed by atoms with Crippen LogP contribution in [-0.4, -0.2) is 37.0 Å². The van der Waals surface area contributed by atoms with Gasteiger partial charge in [-0.05, 0) is 70.3 Å². The van der Waals surface area contributed by atoms with Crippen molar-refractivity contribution in [1.29, 1.82) is 0 Å². The Morgan fingerprint density at radius 1 is 0.905 bits per heavy atom. The maximum Gasteiger partial charge on any atom is 0.414 e. The Morgan fingerprint density at radius 3 is 2.07 bits per heavy atom. The highest BCUT2D eigenvalue weighted by Gasteiger charge is 2.52. The molecule has 1 aliphatic heterocycles. The van der Waals surface area contributed by atoms with Crippen molar-refractivity contribution in [2.45, 2.75) is 154 Å². The zero-order valence-electron chi connectivity index (χ0n) is 28.1. The van der Waals surface area contributed by atoms with Crippen molar-refractivity contribution in [3.8, 4) is 0 Å². The fourth-order valence-electron chi connectivity index (χ4n) is 9.65. The first-order chi connectivity index (χ1) is 19.8. The summed E-state index contributed by atoms with van der Waals surface area (Å²) in [5.74, 6) is 1.44. The highest BCUT2D eigenvalue weighted by Crippen LogP contribution is 2.49. The standard InChI is InChI=1S/C37H59NO3Si/c1-25(2)42(26(3)4,27(5)6)35-24-38(32(23-33(35)39)29-16-12-10-13-17-29)36(40)41-34-22-28(7)20-21-31(34)37(8,9)30-18-14-11-15-19-30/h11,14-15,18-19,24-29,31-32,34H,10,12-13,16-17,20-23H2,1-9H3/t28-,31-,32+,34-/m1/s1. The molecule has 5 heteroatoms. The zero-order chi connectivity index (χ0) is 30.8. The van der Waals surface area contributed by atoms with Crippen LogP contribution in [0.25, 0.3) is 0 Å². The topological polar surface area (TPSA) is 46.6 Å². The van der Waals surface area contributed by atoms with Crippen molar-refractivity contribution in [3.05, 3.63) is 47.3 Å². The van der Waals surface area contributed by atoms with Crippen LogP contribution in [-0.2, 0) is 14.9 Å². The predicted octanol–water partition coefficient (Wildman–Crippen LogP) is 10.2. The van der Waals surface area contributed by atoms with Crippen LogP contribution >= 0.6 is 0 Å². The van der Waals surface area contributed by atoms with Gasteiger partial charge in [-0.25, -0.2) is 4.79 Å². The summed E-state index contributed by atoms with van der Waals surface area (Å²) in [6, 6.07) is 10.6. The van der Waals surface area contributed by atoms with Gasteiger partial charge in [-0.3, -0.25) is 9.69 Å². The van der Waals surface area contributed by atoms with E-state index in [4.69, 9.17) is 4.74 Å². The molecule has 0 N–H and O–H groups in total. The molecule has 42 heavy (non-hydrogen) atoms. The Kier molecular flexibility index (Phi) is 10.5. The van der Waals surface area contributed by atoms with Gasteiger partial charge in [0, 0.05) is 24.6 Å². The molecule has 1 aromatic carbocycles. The molecule has 1 amide bonds. The van der Waals surface area contributed by atoms with E-state index in [2.05, 4.69) is 92.6 Å². The number of hydrogen-bond acceptors (Lipinski definition) is 3. The molecule has 1 aromatic rings. The number of carbonyl (C=O) groups is 2. The van der Waals surface area contributed by atoms with Gasteiger partial charge in [0.25, 0.3) is 0 Å². The SMILES string of the molecule is CC(C)[Si](C1=CN(C(=O)O[C@@H]2C[C@H](C)CC[C@H]2C(C)(C)c2ccccc2)[C@H](C2CCCCC2)CC1=O)(C(C)C)C(C)C. The Morgan fingerprint density at radius 2 is 1.50 bits per heavy atom. The molecule has 4 nitrogen and oxygen atoms in total. The first-order valence-corrected chi connectivity index (χ1v) is 19.3. The van der Waals surface area contributed by atoms with Gasteiger partial charge in [0.05, 0.1) is 0 Å². The van der Waals surface area contributed by atoms with E-state index in [0.717, 1.165) is 37.3 Å². The summed E-state index contributed by atoms with van der Waals surface area (Å²) in [5.41, 5.74) is 2.42. The number of hydrogen-bond donors (Lipinski definition) is 0. The summed E-state index contributed by atoms with van der Waals surface area (Å²) >= 11 is 0. The molecule has 0 unspecified atom stereocenters. The summed E-state index contributed by atoms with van der Waals surface area (Å²) in [5, 5.41) is 0.977. The van der Waals surface area contributed by atoms with Gasteiger partial charge in [-0.15, -0.1) is 0 Å². The van der Waals surface area contributed by atoms with Gasteiger partial charge in [-0.1, -0.05) is 118 Å². The number of benzene rings is 1. The van der Waals surface area contributed by atoms with Crippen LogP contribution in [0, 0.1) is 17.8 Å². The Bertz CT molecular complexity index is 1080. The third kappa shape index (κ3) is 6.33. The lowest BCUT2D eigenvalue weighted by Crippen LogP contribution is -2.55. The molecule has 0 radical (unpaired) electrons. The summed E-state index contributed by atoms with van der Waals surface area (Å²) < 4.78 is 6.67. The lowest BCUT2D eigenvalue weighted by Gasteiger charge is -2.49. The van der Waals surface area contributed by atoms with E-state index in [1.54, 1.807) is 0 Å². The maximum atomic E-state index is 14.5. The molecule has 4 rings (SSSR count). The molecular weight excluding hydrogens is 534 g/mol. The van der Waals surface area contributed by atoms with Crippen LogP contribution in [0.4, 0.5) is 4.79 Å². The second-order valence-electron chi connectivity index (χ2n) is 15.5. The van der Waals surface area contributed by atoms with E-state index in [1.165, 1.54) is 24.8 Å². The second-order valence-corrected chi connectivity index (χ2v) is 21.3. The molecular formula is C37H59NO3Si. The summed E-state index contributed by atoms with van der Waals surface area (Å²) in [6.45, 7) is 20.7. The van der Waals surface area contributed by atoms with Crippen molar-refractivity contribution < 1.29 is 14.3 Å². The lowest BCUT2D eigenvalue weighted by atomic mass is 9.64. The molecule has 0 bridgehead atoms. The third-order valence-electron chi connectivity index (χ3n) is 11.8. The Labute approximate surface area is 258 Å². The molecule has 2 aliphatic carbocycles. The largest absolute Gasteiger partial charge is 0.446 e. The van der Waals surface area contributed by atoms with Gasteiger partial charge in [0.1, 0.15) is 14.2 Å². The summed E-state index contributed by atoms with van der Waals surface area (Å²) in [4.78, 5) is 30.6. The number of Topliss-reactive ketones (excluding diaryl/α,β-unsaturated/α-hetero) is 1. The van der Waals surface area contributed by atoms with Crippen LogP contribution in [0.15, 0.2) is 41.7 Å². The maximum absolute atomic E-state index is 14.5. The van der Waals surface area contributed by atoms with Crippen molar-refractivity contribution >= 4 is 20.0 Å². The Balaban J connectivity index is 1.73. The minimum absolute atomic E-state index is 0.0890. The molecule has 234 valence electrons. The van der Waals surface area contributed by atoms with E-state index in [1.807, 2.05) is 11.1 Å². The minimum atomic E-state index is -2.25. The molecule has 0 aromatic heterocycles. The molecule has 3 aliphatic rings. The smallest absolute Gasteiger partial charge is 0.414 e. The summed E-state index contributed by atoms with van der Waals surface area (Å²) in [6.07, 6.45) is 11.1. The first kappa shape index (κ1) is 33.0. The van der Waals surface area contributed by atoms with Gasteiger partial charge in [-0.2, -0.15) is 0 Å². The lowest BCUT2D eigenvalue weighted by molar-refractivity contribution is -0.117. The molecule has 2 fully saturated rings. The monoisotopic (exact) mass is 593 g/mol. The van der Waals surface area contributed by atoms with E-state index >= 15 is 0 Å². The van der Waals surface area contributed by atoms with Gasteiger partial charge in [0.15, 0.2) is 5.78 Å². The number of nitrogens with zero attached hydrogens (tertiary/aromatic N) is 1. The summed E-state index contributed by atoms with van der Waals surface area (Å²) in [7, 11) is -2.25. The average molecular weight is 594 g/mol. The van der Waals surface area contributed by atoms with Crippen molar-refractivity contribution in [2.24, 2.45) is 17.8 Å². The highest BCUT2D eigenvalue weighted by atomic mass is 28.3. The van der Waals surface area contributed by atoms with Crippen LogP contribution < -0.4 is 0 Å². The van der Waals surface area contributed by atoms with E-state index in [9.17, 15) is 9.59 Å². The quantitative estimate of drug-likeness (QED) is 0.282. The first-order valence-electron chi connectivity index (χ1n) is 17.1. The van der Waals surface area contributed by atoms with Crippen LogP contribution in [0.5, 0.6) is 0 Å². The normalized spacial score (nSPS) is 26.6. The van der Waals surface area contributed by atoms with Crippen molar-refractivity contribution in [2.75, 3.05) is 0 Å². The van der Waals surface area contributed by atoms with E-state index in [-0.39, 0.29) is 29.6 Å². The second kappa shape index (κ2) is 13.4. The fraction of sp³-hybridized carbons (Fsp3) is 0.730. The number of allylic oxidation sites excluding steroid dienone is 1. The molecule has 0 spiro atoms. The molecule has 1 heterocycles. The predicted molar refractivity (Wildman–Crippen MR) is 177 cm³/mol. The number of rotatable bonds is 8. The average Bonchev–Trinajstić information content (AvgIpc) is 2.94. The molecule has 0 saturated heterocycles. The Hall–Kier alpha value is -1.88. The number of carbonyl (C=O) groups excluding carboxylic acids is 2. The van der Waals surface area contributed by atoms with Gasteiger partial charge < -0.3 is 4.74 Å². The number of ether oxygens (including phenoxy) is 1. The fourth-order valence-corrected chi connectivity index (χ4v) is 16.5. The van der Waals surface area contributed by atoms with Crippen LogP contribution in [0.3, 0.4) is 0 Å². The van der Waals surface area contributed by atoms with E-state index < -0.39 is 8.07 Å². The van der Waals surface area contributed by atoms with Crippen LogP contribution in [0.2, 0.25) is 16.6 Å². The van der Waals surface area contributed by atoms with Gasteiger partial charge in [0.2, 0.25) is 0 Å². The highest BCUT2D eigenvalue weighted by molar-refractivity contribution is 6.93. The molecule has 2 saturated carbocycles.